The number of rotatable bonds is 4. The summed E-state index contributed by atoms with van der Waals surface area (Å²) in [7, 11) is 0. The lowest BCUT2D eigenvalue weighted by Gasteiger charge is -2.51. The van der Waals surface area contributed by atoms with Crippen LogP contribution in [0.15, 0.2) is 91.0 Å². The Hall–Kier alpha value is -2.42. The van der Waals surface area contributed by atoms with Crippen LogP contribution in [0.2, 0.25) is 0 Å². The van der Waals surface area contributed by atoms with Crippen LogP contribution in [0.4, 0.5) is 0 Å². The van der Waals surface area contributed by atoms with Gasteiger partial charge < -0.3 is 5.32 Å². The van der Waals surface area contributed by atoms with Gasteiger partial charge in [-0.25, -0.2) is 0 Å². The average molecular weight is 369 g/mol. The molecule has 28 heavy (non-hydrogen) atoms. The first-order valence-corrected chi connectivity index (χ1v) is 10.5. The molecule has 2 saturated heterocycles. The minimum absolute atomic E-state index is 0.265. The molecule has 0 saturated carbocycles. The fourth-order valence-electron chi connectivity index (χ4n) is 5.52. The van der Waals surface area contributed by atoms with Crippen molar-refractivity contribution in [2.24, 2.45) is 5.92 Å². The number of likely N-dealkylation sites (tertiary alicyclic amines) is 1. The molecule has 0 bridgehead atoms. The van der Waals surface area contributed by atoms with Crippen LogP contribution in [0.3, 0.4) is 0 Å². The molecule has 2 fully saturated rings. The third kappa shape index (κ3) is 2.80. The monoisotopic (exact) mass is 368 g/mol. The zero-order valence-electron chi connectivity index (χ0n) is 16.3. The van der Waals surface area contributed by atoms with E-state index in [1.54, 1.807) is 0 Å². The quantitative estimate of drug-likeness (QED) is 0.674. The van der Waals surface area contributed by atoms with Crippen molar-refractivity contribution >= 4 is 0 Å². The van der Waals surface area contributed by atoms with E-state index in [4.69, 9.17) is 0 Å². The Morgan fingerprint density at radius 1 is 0.679 bits per heavy atom. The van der Waals surface area contributed by atoms with Gasteiger partial charge in [-0.15, -0.1) is 0 Å². The molecule has 2 nitrogen and oxygen atoms in total. The molecule has 0 radical (unpaired) electrons. The molecule has 0 amide bonds. The summed E-state index contributed by atoms with van der Waals surface area (Å²) < 4.78 is 0. The van der Waals surface area contributed by atoms with Gasteiger partial charge in [0.25, 0.3) is 0 Å². The summed E-state index contributed by atoms with van der Waals surface area (Å²) in [5.41, 5.74) is 3.82. The Morgan fingerprint density at radius 3 is 1.68 bits per heavy atom. The van der Waals surface area contributed by atoms with E-state index in [1.807, 2.05) is 0 Å². The summed E-state index contributed by atoms with van der Waals surface area (Å²) in [5.74, 6) is 0.740. The molecule has 0 spiro atoms. The van der Waals surface area contributed by atoms with E-state index in [9.17, 15) is 0 Å². The molecule has 3 aromatic carbocycles. The lowest BCUT2D eigenvalue weighted by molar-refractivity contribution is 0.0498. The summed E-state index contributed by atoms with van der Waals surface area (Å²) in [6.45, 7) is 3.36. The first-order valence-electron chi connectivity index (χ1n) is 10.5. The molecule has 0 aliphatic carbocycles. The number of fused-ring (bicyclic) bond motifs is 1. The SMILES string of the molecule is c1ccc(C(c2ccccc2)(c2ccccc2)N2CCCC3CNCC32)cc1. The lowest BCUT2D eigenvalue weighted by Crippen LogP contribution is -2.57. The van der Waals surface area contributed by atoms with Crippen LogP contribution in [0.1, 0.15) is 29.5 Å². The predicted molar refractivity (Wildman–Crippen MR) is 115 cm³/mol. The summed E-state index contributed by atoms with van der Waals surface area (Å²) in [5, 5.41) is 3.68. The maximum atomic E-state index is 3.68. The predicted octanol–water partition coefficient (Wildman–Crippen LogP) is 4.66. The molecular formula is C26H28N2. The maximum Gasteiger partial charge on any atom is 0.0975 e. The van der Waals surface area contributed by atoms with Crippen molar-refractivity contribution in [1.29, 1.82) is 0 Å². The van der Waals surface area contributed by atoms with E-state index in [2.05, 4.69) is 101 Å². The Labute approximate surface area is 168 Å². The number of piperidine rings is 1. The Kier molecular flexibility index (Phi) is 4.76. The molecule has 0 aromatic heterocycles. The zero-order chi connectivity index (χ0) is 18.8. The maximum absolute atomic E-state index is 3.68. The Balaban J connectivity index is 1.80. The van der Waals surface area contributed by atoms with Crippen LogP contribution in [0.5, 0.6) is 0 Å². The Morgan fingerprint density at radius 2 is 1.18 bits per heavy atom. The van der Waals surface area contributed by atoms with Crippen molar-refractivity contribution in [2.75, 3.05) is 19.6 Å². The first-order chi connectivity index (χ1) is 13.9. The van der Waals surface area contributed by atoms with Crippen LogP contribution in [-0.2, 0) is 5.54 Å². The van der Waals surface area contributed by atoms with Gasteiger partial charge in [0.1, 0.15) is 0 Å². The van der Waals surface area contributed by atoms with Gasteiger partial charge in [0, 0.05) is 19.1 Å². The number of nitrogens with zero attached hydrogens (tertiary/aromatic N) is 1. The zero-order valence-corrected chi connectivity index (χ0v) is 16.3. The van der Waals surface area contributed by atoms with Gasteiger partial charge in [0.15, 0.2) is 0 Å². The largest absolute Gasteiger partial charge is 0.315 e. The standard InChI is InChI=1S/C26H28N2/c1-4-12-22(13-5-1)26(23-14-6-2-7-15-23,24-16-8-3-9-17-24)28-18-10-11-21-19-27-20-25(21)28/h1-9,12-17,21,25,27H,10-11,18-20H2. The number of hydrogen-bond acceptors (Lipinski definition) is 2. The molecule has 142 valence electrons. The highest BCUT2D eigenvalue weighted by Gasteiger charge is 2.49. The third-order valence-corrected chi connectivity index (χ3v) is 6.68. The van der Waals surface area contributed by atoms with Crippen LogP contribution in [0.25, 0.3) is 0 Å². The molecule has 1 N–H and O–H groups in total. The summed E-state index contributed by atoms with van der Waals surface area (Å²) >= 11 is 0. The van der Waals surface area contributed by atoms with Gasteiger partial charge in [-0.1, -0.05) is 91.0 Å². The van der Waals surface area contributed by atoms with Crippen molar-refractivity contribution in [3.05, 3.63) is 108 Å². The van der Waals surface area contributed by atoms with Gasteiger partial charge in [-0.05, 0) is 42.0 Å². The average Bonchev–Trinajstić information content (AvgIpc) is 3.26. The van der Waals surface area contributed by atoms with Gasteiger partial charge in [-0.3, -0.25) is 4.90 Å². The lowest BCUT2D eigenvalue weighted by atomic mass is 9.73. The van der Waals surface area contributed by atoms with Crippen LogP contribution in [-0.4, -0.2) is 30.6 Å². The van der Waals surface area contributed by atoms with Crippen molar-refractivity contribution in [3.63, 3.8) is 0 Å². The van der Waals surface area contributed by atoms with E-state index >= 15 is 0 Å². The van der Waals surface area contributed by atoms with Gasteiger partial charge in [0.2, 0.25) is 0 Å². The molecule has 2 aliphatic heterocycles. The van der Waals surface area contributed by atoms with Crippen LogP contribution < -0.4 is 5.32 Å². The molecule has 2 heteroatoms. The topological polar surface area (TPSA) is 15.3 Å². The Bertz CT molecular complexity index is 795. The van der Waals surface area contributed by atoms with Crippen molar-refractivity contribution in [3.8, 4) is 0 Å². The second-order valence-corrected chi connectivity index (χ2v) is 8.13. The fraction of sp³-hybridized carbons (Fsp3) is 0.308. The third-order valence-electron chi connectivity index (χ3n) is 6.68. The summed E-state index contributed by atoms with van der Waals surface area (Å²) in [6, 6.07) is 33.9. The van der Waals surface area contributed by atoms with E-state index in [0.29, 0.717) is 6.04 Å². The van der Waals surface area contributed by atoms with E-state index in [-0.39, 0.29) is 5.54 Å². The van der Waals surface area contributed by atoms with Crippen molar-refractivity contribution < 1.29 is 0 Å². The smallest absolute Gasteiger partial charge is 0.0975 e. The summed E-state index contributed by atoms with van der Waals surface area (Å²) in [4.78, 5) is 2.81. The molecule has 2 heterocycles. The second kappa shape index (κ2) is 7.54. The molecule has 2 unspecified atom stereocenters. The van der Waals surface area contributed by atoms with Gasteiger partial charge in [0.05, 0.1) is 5.54 Å². The minimum atomic E-state index is -0.265. The first kappa shape index (κ1) is 17.7. The van der Waals surface area contributed by atoms with E-state index < -0.39 is 0 Å². The van der Waals surface area contributed by atoms with Crippen molar-refractivity contribution in [1.82, 2.24) is 10.2 Å². The molecule has 2 atom stereocenters. The van der Waals surface area contributed by atoms with E-state index in [0.717, 1.165) is 25.6 Å². The number of nitrogens with one attached hydrogen (secondary N) is 1. The fourth-order valence-corrected chi connectivity index (χ4v) is 5.52. The number of hydrogen-bond donors (Lipinski definition) is 1. The van der Waals surface area contributed by atoms with Crippen LogP contribution >= 0.6 is 0 Å². The molecule has 3 aromatic rings. The molecular weight excluding hydrogens is 340 g/mol. The summed E-state index contributed by atoms with van der Waals surface area (Å²) in [6.07, 6.45) is 2.60. The molecule has 2 aliphatic rings. The minimum Gasteiger partial charge on any atom is -0.315 e. The highest BCUT2D eigenvalue weighted by molar-refractivity contribution is 5.50. The normalized spacial score (nSPS) is 22.7. The van der Waals surface area contributed by atoms with Gasteiger partial charge in [-0.2, -0.15) is 0 Å². The second-order valence-electron chi connectivity index (χ2n) is 8.13. The van der Waals surface area contributed by atoms with Crippen molar-refractivity contribution in [2.45, 2.75) is 24.4 Å². The van der Waals surface area contributed by atoms with E-state index in [1.165, 1.54) is 29.5 Å². The molecule has 5 rings (SSSR count). The van der Waals surface area contributed by atoms with Gasteiger partial charge >= 0.3 is 0 Å². The van der Waals surface area contributed by atoms with Crippen LogP contribution in [0, 0.1) is 5.92 Å². The highest BCUT2D eigenvalue weighted by Crippen LogP contribution is 2.46. The number of benzene rings is 3. The highest BCUT2D eigenvalue weighted by atomic mass is 15.3.